The minimum atomic E-state index is -0.454. The standard InChI is InChI=1S/C11H16O3/c1-6(2)7(3)8-4-9(12)11(14)10(13)5-8/h4-7,12-14H,1-3H3. The highest BCUT2D eigenvalue weighted by atomic mass is 16.3. The van der Waals surface area contributed by atoms with Gasteiger partial charge in [0.15, 0.2) is 17.2 Å². The molecule has 0 fully saturated rings. The Hall–Kier alpha value is -1.38. The van der Waals surface area contributed by atoms with Crippen LogP contribution in [0.3, 0.4) is 0 Å². The van der Waals surface area contributed by atoms with Crippen LogP contribution in [0.5, 0.6) is 17.2 Å². The van der Waals surface area contributed by atoms with E-state index >= 15 is 0 Å². The summed E-state index contributed by atoms with van der Waals surface area (Å²) in [4.78, 5) is 0. The van der Waals surface area contributed by atoms with Crippen LogP contribution < -0.4 is 0 Å². The van der Waals surface area contributed by atoms with Gasteiger partial charge in [0.25, 0.3) is 0 Å². The molecule has 0 heterocycles. The fraction of sp³-hybridized carbons (Fsp3) is 0.455. The van der Waals surface area contributed by atoms with Crippen LogP contribution in [-0.4, -0.2) is 15.3 Å². The average Bonchev–Trinajstić information content (AvgIpc) is 2.12. The van der Waals surface area contributed by atoms with Crippen molar-refractivity contribution in [3.05, 3.63) is 17.7 Å². The Morgan fingerprint density at radius 3 is 1.71 bits per heavy atom. The first kappa shape index (κ1) is 10.7. The van der Waals surface area contributed by atoms with Crippen molar-refractivity contribution in [2.75, 3.05) is 0 Å². The van der Waals surface area contributed by atoms with Crippen LogP contribution in [0.15, 0.2) is 12.1 Å². The number of aromatic hydroxyl groups is 3. The SMILES string of the molecule is CC(C)C(C)c1cc(O)c(O)c(O)c1. The quantitative estimate of drug-likeness (QED) is 0.637. The Bertz CT molecular complexity index is 308. The van der Waals surface area contributed by atoms with Crippen molar-refractivity contribution in [1.82, 2.24) is 0 Å². The number of phenolic OH excluding ortho intramolecular Hbond substituents is 3. The van der Waals surface area contributed by atoms with Gasteiger partial charge in [-0.1, -0.05) is 20.8 Å². The molecule has 1 atom stereocenters. The van der Waals surface area contributed by atoms with Crippen molar-refractivity contribution in [3.63, 3.8) is 0 Å². The zero-order valence-electron chi connectivity index (χ0n) is 8.65. The van der Waals surface area contributed by atoms with Gasteiger partial charge in [0, 0.05) is 0 Å². The summed E-state index contributed by atoms with van der Waals surface area (Å²) >= 11 is 0. The molecule has 3 nitrogen and oxygen atoms in total. The Balaban J connectivity index is 3.12. The lowest BCUT2D eigenvalue weighted by atomic mass is 9.90. The topological polar surface area (TPSA) is 60.7 Å². The Kier molecular flexibility index (Phi) is 2.89. The summed E-state index contributed by atoms with van der Waals surface area (Å²) in [6, 6.07) is 2.97. The molecule has 0 radical (unpaired) electrons. The molecule has 0 aliphatic heterocycles. The van der Waals surface area contributed by atoms with Crippen LogP contribution in [-0.2, 0) is 0 Å². The molecule has 1 rings (SSSR count). The van der Waals surface area contributed by atoms with Crippen molar-refractivity contribution in [1.29, 1.82) is 0 Å². The summed E-state index contributed by atoms with van der Waals surface area (Å²) in [5.41, 5.74) is 0.827. The first-order valence-corrected chi connectivity index (χ1v) is 4.68. The first-order chi connectivity index (χ1) is 6.43. The third kappa shape index (κ3) is 1.92. The molecule has 0 aromatic heterocycles. The van der Waals surface area contributed by atoms with Crippen LogP contribution in [0.4, 0.5) is 0 Å². The summed E-state index contributed by atoms with van der Waals surface area (Å²) in [7, 11) is 0. The van der Waals surface area contributed by atoms with Crippen LogP contribution in [0.2, 0.25) is 0 Å². The smallest absolute Gasteiger partial charge is 0.200 e. The number of hydrogen-bond acceptors (Lipinski definition) is 3. The van der Waals surface area contributed by atoms with E-state index in [1.807, 2.05) is 6.92 Å². The Morgan fingerprint density at radius 1 is 0.929 bits per heavy atom. The molecule has 0 amide bonds. The highest BCUT2D eigenvalue weighted by Crippen LogP contribution is 2.38. The number of hydrogen-bond donors (Lipinski definition) is 3. The van der Waals surface area contributed by atoms with E-state index in [2.05, 4.69) is 13.8 Å². The van der Waals surface area contributed by atoms with Crippen LogP contribution in [0.1, 0.15) is 32.3 Å². The zero-order chi connectivity index (χ0) is 10.9. The second kappa shape index (κ2) is 3.78. The highest BCUT2D eigenvalue weighted by molar-refractivity contribution is 5.51. The molecule has 0 aliphatic rings. The van der Waals surface area contributed by atoms with Crippen LogP contribution in [0.25, 0.3) is 0 Å². The predicted molar refractivity (Wildman–Crippen MR) is 54.7 cm³/mol. The molecule has 1 aromatic carbocycles. The number of rotatable bonds is 2. The van der Waals surface area contributed by atoms with Crippen LogP contribution in [0, 0.1) is 5.92 Å². The predicted octanol–water partition coefficient (Wildman–Crippen LogP) is 2.56. The maximum atomic E-state index is 9.30. The van der Waals surface area contributed by atoms with E-state index in [4.69, 9.17) is 5.11 Å². The minimum Gasteiger partial charge on any atom is -0.504 e. The summed E-state index contributed by atoms with van der Waals surface area (Å²) in [5, 5.41) is 27.8. The molecule has 1 unspecified atom stereocenters. The molecule has 78 valence electrons. The maximum Gasteiger partial charge on any atom is 0.200 e. The van der Waals surface area contributed by atoms with Gasteiger partial charge in [-0.25, -0.2) is 0 Å². The molecule has 0 saturated heterocycles. The van der Waals surface area contributed by atoms with Gasteiger partial charge in [0.1, 0.15) is 0 Å². The van der Waals surface area contributed by atoms with E-state index in [-0.39, 0.29) is 17.4 Å². The molecular weight excluding hydrogens is 180 g/mol. The van der Waals surface area contributed by atoms with Gasteiger partial charge in [0.2, 0.25) is 0 Å². The third-order valence-electron chi connectivity index (χ3n) is 2.62. The lowest BCUT2D eigenvalue weighted by Crippen LogP contribution is -2.01. The normalized spacial score (nSPS) is 13.1. The fourth-order valence-electron chi connectivity index (χ4n) is 1.27. The molecule has 0 bridgehead atoms. The molecular formula is C11H16O3. The van der Waals surface area contributed by atoms with E-state index in [9.17, 15) is 10.2 Å². The monoisotopic (exact) mass is 196 g/mol. The van der Waals surface area contributed by atoms with Crippen molar-refractivity contribution in [2.24, 2.45) is 5.92 Å². The van der Waals surface area contributed by atoms with E-state index < -0.39 is 5.75 Å². The van der Waals surface area contributed by atoms with Crippen molar-refractivity contribution >= 4 is 0 Å². The average molecular weight is 196 g/mol. The molecule has 3 N–H and O–H groups in total. The summed E-state index contributed by atoms with van der Waals surface area (Å²) in [5.74, 6) is -0.351. The van der Waals surface area contributed by atoms with E-state index in [1.54, 1.807) is 0 Å². The van der Waals surface area contributed by atoms with Gasteiger partial charge in [-0.15, -0.1) is 0 Å². The first-order valence-electron chi connectivity index (χ1n) is 4.68. The van der Waals surface area contributed by atoms with Crippen molar-refractivity contribution < 1.29 is 15.3 Å². The van der Waals surface area contributed by atoms with Gasteiger partial charge >= 0.3 is 0 Å². The number of phenols is 3. The second-order valence-electron chi connectivity index (χ2n) is 3.94. The Morgan fingerprint density at radius 2 is 1.36 bits per heavy atom. The summed E-state index contributed by atoms with van der Waals surface area (Å²) in [6.45, 7) is 6.13. The molecule has 14 heavy (non-hydrogen) atoms. The number of benzene rings is 1. The van der Waals surface area contributed by atoms with Crippen LogP contribution >= 0.6 is 0 Å². The van der Waals surface area contributed by atoms with Crippen molar-refractivity contribution in [3.8, 4) is 17.2 Å². The summed E-state index contributed by atoms with van der Waals surface area (Å²) in [6.07, 6.45) is 0. The Labute approximate surface area is 83.6 Å². The van der Waals surface area contributed by atoms with Gasteiger partial charge in [-0.05, 0) is 29.5 Å². The second-order valence-corrected chi connectivity index (χ2v) is 3.94. The van der Waals surface area contributed by atoms with Gasteiger partial charge in [-0.3, -0.25) is 0 Å². The molecule has 1 aromatic rings. The third-order valence-corrected chi connectivity index (χ3v) is 2.62. The largest absolute Gasteiger partial charge is 0.504 e. The fourth-order valence-corrected chi connectivity index (χ4v) is 1.27. The maximum absolute atomic E-state index is 9.30. The molecule has 0 aliphatic carbocycles. The molecule has 3 heteroatoms. The zero-order valence-corrected chi connectivity index (χ0v) is 8.65. The molecule has 0 spiro atoms. The molecule has 0 saturated carbocycles. The lowest BCUT2D eigenvalue weighted by Gasteiger charge is -2.16. The minimum absolute atomic E-state index is 0.229. The van der Waals surface area contributed by atoms with E-state index in [0.717, 1.165) is 5.56 Å². The lowest BCUT2D eigenvalue weighted by molar-refractivity contribution is 0.365. The van der Waals surface area contributed by atoms with E-state index in [1.165, 1.54) is 12.1 Å². The van der Waals surface area contributed by atoms with E-state index in [0.29, 0.717) is 5.92 Å². The van der Waals surface area contributed by atoms with Gasteiger partial charge in [0.05, 0.1) is 0 Å². The highest BCUT2D eigenvalue weighted by Gasteiger charge is 2.14. The van der Waals surface area contributed by atoms with Gasteiger partial charge in [-0.2, -0.15) is 0 Å². The van der Waals surface area contributed by atoms with Gasteiger partial charge < -0.3 is 15.3 Å². The van der Waals surface area contributed by atoms with Crippen molar-refractivity contribution in [2.45, 2.75) is 26.7 Å². The summed E-state index contributed by atoms with van der Waals surface area (Å²) < 4.78 is 0.